The third kappa shape index (κ3) is 6.14. The molecule has 0 aliphatic carbocycles. The predicted octanol–water partition coefficient (Wildman–Crippen LogP) is 4.74. The molecule has 7 nitrogen and oxygen atoms in total. The molecule has 0 radical (unpaired) electrons. The molecule has 7 heteroatoms. The summed E-state index contributed by atoms with van der Waals surface area (Å²) in [5.74, 6) is 0.865. The summed E-state index contributed by atoms with van der Waals surface area (Å²) in [4.78, 5) is 27.7. The number of piperidine rings is 1. The minimum Gasteiger partial charge on any atom is -0.356 e. The number of anilines is 2. The number of hydrogen-bond acceptors (Lipinski definition) is 4. The zero-order valence-corrected chi connectivity index (χ0v) is 21.5. The van der Waals surface area contributed by atoms with E-state index in [0.29, 0.717) is 6.54 Å². The van der Waals surface area contributed by atoms with Gasteiger partial charge in [0.2, 0.25) is 11.8 Å². The number of carbonyl (C=O) groups is 2. The van der Waals surface area contributed by atoms with Crippen LogP contribution in [0.1, 0.15) is 44.4 Å². The van der Waals surface area contributed by atoms with Gasteiger partial charge < -0.3 is 15.5 Å². The zero-order valence-electron chi connectivity index (χ0n) is 21.5. The Morgan fingerprint density at radius 2 is 1.64 bits per heavy atom. The van der Waals surface area contributed by atoms with Crippen LogP contribution < -0.4 is 15.5 Å². The standard InChI is InChI=1S/C29H37N5O2/c1-21(2)27(35)31-26-22(3)32-34(25-14-8-5-9-15-25)29(26)33-19-16-24(17-20-33)28(36)30-18-10-13-23-11-6-4-7-12-23/h4-9,11-12,14-15,21,24H,10,13,16-20H2,1-3H3,(H,30,36)(H,31,35). The highest BCUT2D eigenvalue weighted by Crippen LogP contribution is 2.35. The van der Waals surface area contributed by atoms with Crippen molar-refractivity contribution < 1.29 is 9.59 Å². The van der Waals surface area contributed by atoms with Gasteiger partial charge in [-0.25, -0.2) is 4.68 Å². The summed E-state index contributed by atoms with van der Waals surface area (Å²) in [6, 6.07) is 20.3. The van der Waals surface area contributed by atoms with Crippen LogP contribution in [0.5, 0.6) is 0 Å². The highest BCUT2D eigenvalue weighted by molar-refractivity contribution is 5.96. The van der Waals surface area contributed by atoms with Gasteiger partial charge in [0.05, 0.1) is 11.4 Å². The number of benzene rings is 2. The Kier molecular flexibility index (Phi) is 8.41. The molecule has 1 aromatic heterocycles. The van der Waals surface area contributed by atoms with Gasteiger partial charge in [0.15, 0.2) is 5.82 Å². The number of hydrogen-bond donors (Lipinski definition) is 2. The molecular weight excluding hydrogens is 450 g/mol. The number of nitrogens with zero attached hydrogens (tertiary/aromatic N) is 3. The number of nitrogens with one attached hydrogen (secondary N) is 2. The Hall–Kier alpha value is -3.61. The largest absolute Gasteiger partial charge is 0.356 e. The normalized spacial score (nSPS) is 14.2. The fraction of sp³-hybridized carbons (Fsp3) is 0.414. The highest BCUT2D eigenvalue weighted by atomic mass is 16.2. The lowest BCUT2D eigenvalue weighted by Crippen LogP contribution is -2.41. The van der Waals surface area contributed by atoms with E-state index in [1.54, 1.807) is 0 Å². The van der Waals surface area contributed by atoms with Crippen LogP contribution in [0.25, 0.3) is 5.69 Å². The first-order valence-corrected chi connectivity index (χ1v) is 13.0. The van der Waals surface area contributed by atoms with E-state index < -0.39 is 0 Å². The lowest BCUT2D eigenvalue weighted by Gasteiger charge is -2.33. The van der Waals surface area contributed by atoms with E-state index in [1.165, 1.54) is 5.56 Å². The van der Waals surface area contributed by atoms with E-state index in [0.717, 1.165) is 61.7 Å². The number of carbonyl (C=O) groups excluding carboxylic acids is 2. The molecule has 0 unspecified atom stereocenters. The topological polar surface area (TPSA) is 79.3 Å². The molecule has 2 N–H and O–H groups in total. The monoisotopic (exact) mass is 487 g/mol. The molecular formula is C29H37N5O2. The number of rotatable bonds is 9. The average Bonchev–Trinajstić information content (AvgIpc) is 3.23. The maximum Gasteiger partial charge on any atom is 0.227 e. The van der Waals surface area contributed by atoms with Crippen LogP contribution in [0.15, 0.2) is 60.7 Å². The van der Waals surface area contributed by atoms with Crippen molar-refractivity contribution in [3.63, 3.8) is 0 Å². The minimum atomic E-state index is -0.131. The van der Waals surface area contributed by atoms with Crippen molar-refractivity contribution >= 4 is 23.3 Å². The van der Waals surface area contributed by atoms with E-state index >= 15 is 0 Å². The second-order valence-electron chi connectivity index (χ2n) is 9.82. The molecule has 2 amide bonds. The lowest BCUT2D eigenvalue weighted by molar-refractivity contribution is -0.125. The van der Waals surface area contributed by atoms with Crippen LogP contribution in [-0.2, 0) is 16.0 Å². The third-order valence-electron chi connectivity index (χ3n) is 6.76. The Morgan fingerprint density at radius 3 is 2.28 bits per heavy atom. The number of aromatic nitrogens is 2. The van der Waals surface area contributed by atoms with Crippen LogP contribution in [0.2, 0.25) is 0 Å². The quantitative estimate of drug-likeness (QED) is 0.427. The molecule has 2 heterocycles. The molecule has 1 aliphatic rings. The number of amides is 2. The molecule has 3 aromatic rings. The van der Waals surface area contributed by atoms with Gasteiger partial charge in [0, 0.05) is 31.5 Å². The van der Waals surface area contributed by atoms with E-state index in [2.05, 4.69) is 27.7 Å². The maximum absolute atomic E-state index is 12.8. The van der Waals surface area contributed by atoms with Crippen LogP contribution in [0, 0.1) is 18.8 Å². The Bertz CT molecular complexity index is 1150. The van der Waals surface area contributed by atoms with E-state index in [9.17, 15) is 9.59 Å². The molecule has 1 fully saturated rings. The van der Waals surface area contributed by atoms with Gasteiger partial charge in [-0.15, -0.1) is 0 Å². The summed E-state index contributed by atoms with van der Waals surface area (Å²) < 4.78 is 1.91. The molecule has 0 spiro atoms. The van der Waals surface area contributed by atoms with Crippen molar-refractivity contribution in [3.8, 4) is 5.69 Å². The second-order valence-corrected chi connectivity index (χ2v) is 9.82. The molecule has 0 bridgehead atoms. The first kappa shape index (κ1) is 25.5. The lowest BCUT2D eigenvalue weighted by atomic mass is 9.95. The van der Waals surface area contributed by atoms with Crippen LogP contribution in [-0.4, -0.2) is 41.2 Å². The van der Waals surface area contributed by atoms with Gasteiger partial charge in [0.1, 0.15) is 5.69 Å². The molecule has 0 atom stereocenters. The molecule has 1 saturated heterocycles. The molecule has 0 saturated carbocycles. The van der Waals surface area contributed by atoms with Gasteiger partial charge in [-0.05, 0) is 50.3 Å². The van der Waals surface area contributed by atoms with Gasteiger partial charge in [0.25, 0.3) is 0 Å². The molecule has 190 valence electrons. The number of aryl methyl sites for hydroxylation is 2. The SMILES string of the molecule is Cc1nn(-c2ccccc2)c(N2CCC(C(=O)NCCCc3ccccc3)CC2)c1NC(=O)C(C)C. The first-order valence-electron chi connectivity index (χ1n) is 13.0. The summed E-state index contributed by atoms with van der Waals surface area (Å²) in [6.07, 6.45) is 3.43. The minimum absolute atomic E-state index is 0.000809. The molecule has 36 heavy (non-hydrogen) atoms. The zero-order chi connectivity index (χ0) is 25.5. The van der Waals surface area contributed by atoms with Crippen LogP contribution in [0.4, 0.5) is 11.5 Å². The third-order valence-corrected chi connectivity index (χ3v) is 6.76. The summed E-state index contributed by atoms with van der Waals surface area (Å²) in [6.45, 7) is 7.84. The fourth-order valence-electron chi connectivity index (χ4n) is 4.62. The Morgan fingerprint density at radius 1 is 1.00 bits per heavy atom. The molecule has 4 rings (SSSR count). The summed E-state index contributed by atoms with van der Waals surface area (Å²) in [7, 11) is 0. The van der Waals surface area contributed by atoms with Gasteiger partial charge in [-0.3, -0.25) is 9.59 Å². The summed E-state index contributed by atoms with van der Waals surface area (Å²) in [5, 5.41) is 11.0. The van der Waals surface area contributed by atoms with Crippen molar-refractivity contribution in [2.24, 2.45) is 11.8 Å². The average molecular weight is 488 g/mol. The summed E-state index contributed by atoms with van der Waals surface area (Å²) >= 11 is 0. The second kappa shape index (κ2) is 11.9. The van der Waals surface area contributed by atoms with E-state index in [1.807, 2.05) is 74.0 Å². The first-order chi connectivity index (χ1) is 17.4. The molecule has 2 aromatic carbocycles. The summed E-state index contributed by atoms with van der Waals surface area (Å²) in [5.41, 5.74) is 3.77. The smallest absolute Gasteiger partial charge is 0.227 e. The van der Waals surface area contributed by atoms with Crippen LogP contribution in [0.3, 0.4) is 0 Å². The van der Waals surface area contributed by atoms with Gasteiger partial charge in [-0.2, -0.15) is 5.10 Å². The molecule has 1 aliphatic heterocycles. The van der Waals surface area contributed by atoms with Crippen molar-refractivity contribution in [1.82, 2.24) is 15.1 Å². The predicted molar refractivity (Wildman–Crippen MR) is 144 cm³/mol. The fourth-order valence-corrected chi connectivity index (χ4v) is 4.62. The number of para-hydroxylation sites is 1. The van der Waals surface area contributed by atoms with Gasteiger partial charge >= 0.3 is 0 Å². The highest BCUT2D eigenvalue weighted by Gasteiger charge is 2.30. The Balaban J connectivity index is 1.41. The van der Waals surface area contributed by atoms with Crippen molar-refractivity contribution in [3.05, 3.63) is 71.9 Å². The van der Waals surface area contributed by atoms with E-state index in [-0.39, 0.29) is 23.7 Å². The van der Waals surface area contributed by atoms with Crippen molar-refractivity contribution in [2.75, 3.05) is 29.9 Å². The van der Waals surface area contributed by atoms with Crippen molar-refractivity contribution in [1.29, 1.82) is 0 Å². The van der Waals surface area contributed by atoms with Crippen LogP contribution >= 0.6 is 0 Å². The Labute approximate surface area is 213 Å². The van der Waals surface area contributed by atoms with Crippen molar-refractivity contribution in [2.45, 2.75) is 46.5 Å². The van der Waals surface area contributed by atoms with Gasteiger partial charge in [-0.1, -0.05) is 62.4 Å². The maximum atomic E-state index is 12.8. The van der Waals surface area contributed by atoms with E-state index in [4.69, 9.17) is 5.10 Å².